The normalized spacial score (nSPS) is 22.3. The molecule has 1 aliphatic heterocycles. The zero-order chi connectivity index (χ0) is 14.0. The van der Waals surface area contributed by atoms with E-state index in [4.69, 9.17) is 4.74 Å². The third kappa shape index (κ3) is 2.69. The number of aliphatic hydroxyl groups excluding tert-OH is 1. The van der Waals surface area contributed by atoms with E-state index in [0.717, 1.165) is 0 Å². The van der Waals surface area contributed by atoms with Crippen molar-refractivity contribution in [3.63, 3.8) is 0 Å². The number of likely N-dealkylation sites (N-methyl/N-ethyl adjacent to an activating group) is 1. The number of benzene rings is 1. The van der Waals surface area contributed by atoms with Gasteiger partial charge in [-0.05, 0) is 18.2 Å². The van der Waals surface area contributed by atoms with Gasteiger partial charge in [-0.2, -0.15) is 0 Å². The Kier molecular flexibility index (Phi) is 4.01. The lowest BCUT2D eigenvalue weighted by Crippen LogP contribution is -2.44. The van der Waals surface area contributed by atoms with Gasteiger partial charge in [0.05, 0.1) is 19.3 Å². The number of methoxy groups -OCH3 is 1. The van der Waals surface area contributed by atoms with Gasteiger partial charge in [-0.1, -0.05) is 0 Å². The molecule has 0 spiro atoms. The topological polar surface area (TPSA) is 61.8 Å². The van der Waals surface area contributed by atoms with Gasteiger partial charge in [-0.25, -0.2) is 4.39 Å². The fourth-order valence-corrected chi connectivity index (χ4v) is 2.19. The highest BCUT2D eigenvalue weighted by Crippen LogP contribution is 2.20. The summed E-state index contributed by atoms with van der Waals surface area (Å²) in [5.41, 5.74) is 0.333. The number of nitrogens with one attached hydrogen (secondary N) is 1. The molecule has 0 saturated carbocycles. The summed E-state index contributed by atoms with van der Waals surface area (Å²) in [6.45, 7) is 1.01. The van der Waals surface area contributed by atoms with E-state index in [0.29, 0.717) is 18.7 Å². The number of halogens is 1. The van der Waals surface area contributed by atoms with E-state index in [9.17, 15) is 14.3 Å². The van der Waals surface area contributed by atoms with Crippen molar-refractivity contribution in [2.24, 2.45) is 0 Å². The molecule has 1 aromatic carbocycles. The van der Waals surface area contributed by atoms with Crippen LogP contribution in [0.4, 0.5) is 4.39 Å². The Hall–Kier alpha value is -1.66. The average molecular weight is 268 g/mol. The first kappa shape index (κ1) is 13.8. The second kappa shape index (κ2) is 5.54. The van der Waals surface area contributed by atoms with E-state index < -0.39 is 11.9 Å². The number of β-amino-alcohol motifs (C(OH)–C–C–N with tert-alkyl or cyclic N) is 1. The van der Waals surface area contributed by atoms with Crippen molar-refractivity contribution in [2.45, 2.75) is 12.1 Å². The molecule has 0 radical (unpaired) electrons. The minimum atomic E-state index is -0.587. The molecule has 1 heterocycles. The Balaban J connectivity index is 2.19. The van der Waals surface area contributed by atoms with Crippen molar-refractivity contribution in [1.29, 1.82) is 0 Å². The third-order valence-electron chi connectivity index (χ3n) is 3.37. The average Bonchev–Trinajstić information content (AvgIpc) is 2.84. The first-order chi connectivity index (χ1) is 9.04. The van der Waals surface area contributed by atoms with Gasteiger partial charge in [0.15, 0.2) is 11.6 Å². The van der Waals surface area contributed by atoms with Crippen molar-refractivity contribution in [3.8, 4) is 5.75 Å². The summed E-state index contributed by atoms with van der Waals surface area (Å²) in [5.74, 6) is -0.750. The lowest BCUT2D eigenvalue weighted by atomic mass is 10.1. The molecular weight excluding hydrogens is 251 g/mol. The minimum Gasteiger partial charge on any atom is -0.494 e. The quantitative estimate of drug-likeness (QED) is 0.824. The Morgan fingerprint density at radius 3 is 2.84 bits per heavy atom. The lowest BCUT2D eigenvalue weighted by molar-refractivity contribution is 0.0581. The van der Waals surface area contributed by atoms with E-state index in [1.165, 1.54) is 30.2 Å². The molecule has 104 valence electrons. The van der Waals surface area contributed by atoms with E-state index in [1.54, 1.807) is 7.05 Å². The number of hydrogen-bond acceptors (Lipinski definition) is 4. The molecule has 2 atom stereocenters. The molecule has 0 unspecified atom stereocenters. The maximum atomic E-state index is 13.3. The molecule has 1 saturated heterocycles. The smallest absolute Gasteiger partial charge is 0.254 e. The van der Waals surface area contributed by atoms with Gasteiger partial charge >= 0.3 is 0 Å². The number of carbonyl (C=O) groups excluding carboxylic acids is 1. The summed E-state index contributed by atoms with van der Waals surface area (Å²) in [6.07, 6.45) is -0.587. The molecule has 1 aliphatic rings. The number of nitrogens with zero attached hydrogens (tertiary/aromatic N) is 1. The van der Waals surface area contributed by atoms with Crippen molar-refractivity contribution in [3.05, 3.63) is 29.6 Å². The van der Waals surface area contributed by atoms with Crippen LogP contribution < -0.4 is 10.1 Å². The molecular formula is C13H17FN2O3. The van der Waals surface area contributed by atoms with Crippen LogP contribution in [0.1, 0.15) is 10.4 Å². The van der Waals surface area contributed by atoms with Crippen molar-refractivity contribution in [1.82, 2.24) is 10.2 Å². The molecule has 6 heteroatoms. The highest BCUT2D eigenvalue weighted by molar-refractivity contribution is 5.94. The van der Waals surface area contributed by atoms with Crippen LogP contribution in [-0.4, -0.2) is 55.3 Å². The van der Waals surface area contributed by atoms with Crippen LogP contribution in [-0.2, 0) is 0 Å². The van der Waals surface area contributed by atoms with E-state index >= 15 is 0 Å². The van der Waals surface area contributed by atoms with Crippen LogP contribution in [0.2, 0.25) is 0 Å². The van der Waals surface area contributed by atoms with E-state index in [-0.39, 0.29) is 17.7 Å². The maximum Gasteiger partial charge on any atom is 0.254 e. The Morgan fingerprint density at radius 2 is 2.26 bits per heavy atom. The fraction of sp³-hybridized carbons (Fsp3) is 0.462. The predicted molar refractivity (Wildman–Crippen MR) is 67.7 cm³/mol. The van der Waals surface area contributed by atoms with Gasteiger partial charge in [-0.3, -0.25) is 4.79 Å². The van der Waals surface area contributed by atoms with Crippen molar-refractivity contribution in [2.75, 3.05) is 27.2 Å². The molecule has 0 aliphatic carbocycles. The van der Waals surface area contributed by atoms with Crippen LogP contribution in [0, 0.1) is 5.82 Å². The van der Waals surface area contributed by atoms with Gasteiger partial charge < -0.3 is 20.1 Å². The zero-order valence-electron chi connectivity index (χ0n) is 10.9. The standard InChI is InChI=1S/C13H17FN2O3/c1-16(10-6-15-7-11(10)17)13(18)8-3-4-9(14)12(5-8)19-2/h3-5,10-11,15,17H,6-7H2,1-2H3/t10-,11-/m1/s1. The van der Waals surface area contributed by atoms with Gasteiger partial charge in [0, 0.05) is 25.7 Å². The number of aliphatic hydroxyl groups is 1. The number of carbonyl (C=O) groups is 1. The summed E-state index contributed by atoms with van der Waals surface area (Å²) in [5, 5.41) is 12.8. The first-order valence-electron chi connectivity index (χ1n) is 6.04. The van der Waals surface area contributed by atoms with Gasteiger partial charge in [0.2, 0.25) is 0 Å². The SMILES string of the molecule is COc1cc(C(=O)N(C)[C@@H]2CNC[C@H]2O)ccc1F. The number of ether oxygens (including phenoxy) is 1. The summed E-state index contributed by atoms with van der Waals surface area (Å²) < 4.78 is 18.2. The monoisotopic (exact) mass is 268 g/mol. The second-order valence-electron chi connectivity index (χ2n) is 4.56. The molecule has 2 N–H and O–H groups in total. The molecule has 19 heavy (non-hydrogen) atoms. The molecule has 0 bridgehead atoms. The number of hydrogen-bond donors (Lipinski definition) is 2. The number of rotatable bonds is 3. The second-order valence-corrected chi connectivity index (χ2v) is 4.56. The van der Waals surface area contributed by atoms with Gasteiger partial charge in [0.25, 0.3) is 5.91 Å². The molecule has 1 fully saturated rings. The molecule has 1 amide bonds. The molecule has 5 nitrogen and oxygen atoms in total. The lowest BCUT2D eigenvalue weighted by Gasteiger charge is -2.26. The highest BCUT2D eigenvalue weighted by Gasteiger charge is 2.31. The van der Waals surface area contributed by atoms with Gasteiger partial charge in [0.1, 0.15) is 0 Å². The van der Waals surface area contributed by atoms with Crippen LogP contribution in [0.15, 0.2) is 18.2 Å². The third-order valence-corrected chi connectivity index (χ3v) is 3.37. The zero-order valence-corrected chi connectivity index (χ0v) is 10.9. The first-order valence-corrected chi connectivity index (χ1v) is 6.04. The Labute approximate surface area is 111 Å². The van der Waals surface area contributed by atoms with Crippen LogP contribution in [0.25, 0.3) is 0 Å². The number of amides is 1. The minimum absolute atomic E-state index is 0.0318. The maximum absolute atomic E-state index is 13.3. The van der Waals surface area contributed by atoms with Crippen LogP contribution in [0.5, 0.6) is 5.75 Å². The largest absolute Gasteiger partial charge is 0.494 e. The molecule has 0 aromatic heterocycles. The predicted octanol–water partition coefficient (Wildman–Crippen LogP) is 0.239. The molecule has 2 rings (SSSR count). The summed E-state index contributed by atoms with van der Waals surface area (Å²) in [7, 11) is 2.97. The van der Waals surface area contributed by atoms with E-state index in [1.807, 2.05) is 0 Å². The van der Waals surface area contributed by atoms with Gasteiger partial charge in [-0.15, -0.1) is 0 Å². The summed E-state index contributed by atoms with van der Waals surface area (Å²) in [4.78, 5) is 13.7. The van der Waals surface area contributed by atoms with Crippen molar-refractivity contribution >= 4 is 5.91 Å². The highest BCUT2D eigenvalue weighted by atomic mass is 19.1. The fourth-order valence-electron chi connectivity index (χ4n) is 2.19. The molecule has 1 aromatic rings. The van der Waals surface area contributed by atoms with Crippen LogP contribution >= 0.6 is 0 Å². The van der Waals surface area contributed by atoms with E-state index in [2.05, 4.69) is 5.32 Å². The van der Waals surface area contributed by atoms with Crippen molar-refractivity contribution < 1.29 is 19.0 Å². The Bertz CT molecular complexity index is 481. The summed E-state index contributed by atoms with van der Waals surface area (Å²) >= 11 is 0. The van der Waals surface area contributed by atoms with Crippen LogP contribution in [0.3, 0.4) is 0 Å². The Morgan fingerprint density at radius 1 is 1.53 bits per heavy atom. The summed E-state index contributed by atoms with van der Waals surface area (Å²) in [6, 6.07) is 3.70.